The summed E-state index contributed by atoms with van der Waals surface area (Å²) in [5.41, 5.74) is 2.64. The van der Waals surface area contributed by atoms with Crippen LogP contribution in [-0.4, -0.2) is 35.4 Å². The standard InChI is InChI=1S/C19H29N5.HI/c1-4-20-19(21-10-6-12-24-13-7-11-23-24)22-15-17(3)18-9-5-8-16(2)14-18;/h5,7-9,11,13-14,17H,4,6,10,12,15H2,1-3H3,(H2,20,21,22);1H. The van der Waals surface area contributed by atoms with Crippen LogP contribution in [0, 0.1) is 6.92 Å². The van der Waals surface area contributed by atoms with Crippen molar-refractivity contribution in [3.05, 3.63) is 53.9 Å². The van der Waals surface area contributed by atoms with Crippen LogP contribution in [0.25, 0.3) is 0 Å². The van der Waals surface area contributed by atoms with Crippen LogP contribution in [0.1, 0.15) is 37.3 Å². The predicted octanol–water partition coefficient (Wildman–Crippen LogP) is 3.56. The normalized spacial score (nSPS) is 12.4. The van der Waals surface area contributed by atoms with Crippen molar-refractivity contribution in [2.24, 2.45) is 4.99 Å². The Morgan fingerprint density at radius 1 is 1.28 bits per heavy atom. The fourth-order valence-electron chi connectivity index (χ4n) is 2.53. The molecule has 1 aromatic carbocycles. The zero-order valence-corrected chi connectivity index (χ0v) is 17.7. The first kappa shape index (κ1) is 21.5. The molecule has 1 heterocycles. The van der Waals surface area contributed by atoms with E-state index in [0.717, 1.165) is 38.6 Å². The summed E-state index contributed by atoms with van der Waals surface area (Å²) in [6.45, 7) is 9.88. The third-order valence-corrected chi connectivity index (χ3v) is 3.89. The number of benzene rings is 1. The molecule has 0 fully saturated rings. The van der Waals surface area contributed by atoms with Crippen LogP contribution < -0.4 is 10.6 Å². The van der Waals surface area contributed by atoms with Crippen molar-refractivity contribution in [2.45, 2.75) is 39.7 Å². The number of hydrogen-bond acceptors (Lipinski definition) is 2. The molecule has 0 saturated carbocycles. The van der Waals surface area contributed by atoms with Crippen LogP contribution in [0.4, 0.5) is 0 Å². The lowest BCUT2D eigenvalue weighted by Crippen LogP contribution is -2.38. The maximum atomic E-state index is 4.73. The van der Waals surface area contributed by atoms with Gasteiger partial charge in [0.05, 0.1) is 0 Å². The SMILES string of the molecule is CCNC(=NCC(C)c1cccc(C)c1)NCCCn1cccn1.I. The van der Waals surface area contributed by atoms with Crippen molar-refractivity contribution < 1.29 is 0 Å². The van der Waals surface area contributed by atoms with E-state index in [2.05, 4.69) is 60.8 Å². The number of nitrogens with zero attached hydrogens (tertiary/aromatic N) is 3. The van der Waals surface area contributed by atoms with Gasteiger partial charge in [-0.05, 0) is 31.9 Å². The van der Waals surface area contributed by atoms with Gasteiger partial charge in [-0.3, -0.25) is 9.67 Å². The molecule has 2 N–H and O–H groups in total. The van der Waals surface area contributed by atoms with E-state index in [4.69, 9.17) is 4.99 Å². The van der Waals surface area contributed by atoms with Crippen LogP contribution in [0.3, 0.4) is 0 Å². The topological polar surface area (TPSA) is 54.2 Å². The van der Waals surface area contributed by atoms with Gasteiger partial charge < -0.3 is 10.6 Å². The summed E-state index contributed by atoms with van der Waals surface area (Å²) in [4.78, 5) is 4.73. The molecule has 6 heteroatoms. The highest BCUT2D eigenvalue weighted by atomic mass is 127. The largest absolute Gasteiger partial charge is 0.357 e. The van der Waals surface area contributed by atoms with Gasteiger partial charge in [-0.2, -0.15) is 5.10 Å². The third-order valence-electron chi connectivity index (χ3n) is 3.89. The summed E-state index contributed by atoms with van der Waals surface area (Å²) in [6, 6.07) is 10.6. The van der Waals surface area contributed by atoms with Crippen molar-refractivity contribution in [3.63, 3.8) is 0 Å². The molecule has 0 aliphatic carbocycles. The summed E-state index contributed by atoms with van der Waals surface area (Å²) in [5.74, 6) is 1.29. The van der Waals surface area contributed by atoms with E-state index >= 15 is 0 Å². The molecule has 0 aliphatic heterocycles. The second kappa shape index (κ2) is 11.9. The summed E-state index contributed by atoms with van der Waals surface area (Å²) < 4.78 is 1.95. The van der Waals surface area contributed by atoms with E-state index in [1.165, 1.54) is 11.1 Å². The summed E-state index contributed by atoms with van der Waals surface area (Å²) in [5, 5.41) is 10.9. The molecule has 0 amide bonds. The Kier molecular flexibility index (Phi) is 10.2. The molecule has 25 heavy (non-hydrogen) atoms. The van der Waals surface area contributed by atoms with E-state index in [-0.39, 0.29) is 24.0 Å². The quantitative estimate of drug-likeness (QED) is 0.277. The highest BCUT2D eigenvalue weighted by molar-refractivity contribution is 14.0. The lowest BCUT2D eigenvalue weighted by molar-refractivity contribution is 0.570. The average Bonchev–Trinajstić information content (AvgIpc) is 3.09. The Bertz CT molecular complexity index is 625. The second-order valence-electron chi connectivity index (χ2n) is 6.08. The van der Waals surface area contributed by atoms with Gasteiger partial charge in [0.2, 0.25) is 0 Å². The number of guanidine groups is 1. The fourth-order valence-corrected chi connectivity index (χ4v) is 2.53. The van der Waals surface area contributed by atoms with Gasteiger partial charge in [-0.1, -0.05) is 36.8 Å². The van der Waals surface area contributed by atoms with Gasteiger partial charge in [0.15, 0.2) is 5.96 Å². The maximum absolute atomic E-state index is 4.73. The Hall–Kier alpha value is -1.57. The molecular weight excluding hydrogens is 425 g/mol. The Morgan fingerprint density at radius 2 is 2.12 bits per heavy atom. The molecule has 138 valence electrons. The number of hydrogen-bond donors (Lipinski definition) is 2. The monoisotopic (exact) mass is 455 g/mol. The fraction of sp³-hybridized carbons (Fsp3) is 0.474. The second-order valence-corrected chi connectivity index (χ2v) is 6.08. The number of nitrogens with one attached hydrogen (secondary N) is 2. The van der Waals surface area contributed by atoms with Crippen molar-refractivity contribution in [1.82, 2.24) is 20.4 Å². The van der Waals surface area contributed by atoms with Crippen molar-refractivity contribution in [3.8, 4) is 0 Å². The lowest BCUT2D eigenvalue weighted by Gasteiger charge is -2.14. The summed E-state index contributed by atoms with van der Waals surface area (Å²) in [7, 11) is 0. The van der Waals surface area contributed by atoms with Crippen LogP contribution in [-0.2, 0) is 6.54 Å². The van der Waals surface area contributed by atoms with Crippen molar-refractivity contribution in [2.75, 3.05) is 19.6 Å². The number of rotatable bonds is 8. The minimum absolute atomic E-state index is 0. The van der Waals surface area contributed by atoms with Crippen molar-refractivity contribution >= 4 is 29.9 Å². The van der Waals surface area contributed by atoms with Gasteiger partial charge in [-0.15, -0.1) is 24.0 Å². The highest BCUT2D eigenvalue weighted by Crippen LogP contribution is 2.16. The number of aryl methyl sites for hydroxylation is 2. The van der Waals surface area contributed by atoms with Gasteiger partial charge in [0.25, 0.3) is 0 Å². The molecule has 1 unspecified atom stereocenters. The first-order chi connectivity index (χ1) is 11.7. The predicted molar refractivity (Wildman–Crippen MR) is 116 cm³/mol. The van der Waals surface area contributed by atoms with E-state index in [1.807, 2.05) is 23.1 Å². The molecule has 1 atom stereocenters. The molecule has 0 radical (unpaired) electrons. The Labute approximate surface area is 168 Å². The molecule has 2 aromatic rings. The average molecular weight is 455 g/mol. The molecule has 0 saturated heterocycles. The Morgan fingerprint density at radius 3 is 2.80 bits per heavy atom. The van der Waals surface area contributed by atoms with E-state index < -0.39 is 0 Å². The molecule has 1 aromatic heterocycles. The van der Waals surface area contributed by atoms with Crippen LogP contribution >= 0.6 is 24.0 Å². The molecule has 0 aliphatic rings. The van der Waals surface area contributed by atoms with Crippen LogP contribution in [0.15, 0.2) is 47.7 Å². The van der Waals surface area contributed by atoms with E-state index in [9.17, 15) is 0 Å². The highest BCUT2D eigenvalue weighted by Gasteiger charge is 2.06. The van der Waals surface area contributed by atoms with Gasteiger partial charge in [0, 0.05) is 44.5 Å². The number of aliphatic imine (C=N–C) groups is 1. The van der Waals surface area contributed by atoms with E-state index in [1.54, 1.807) is 0 Å². The number of aromatic nitrogens is 2. The summed E-state index contributed by atoms with van der Waals surface area (Å²) >= 11 is 0. The minimum atomic E-state index is 0. The van der Waals surface area contributed by atoms with Gasteiger partial charge in [-0.25, -0.2) is 0 Å². The molecule has 5 nitrogen and oxygen atoms in total. The number of halogens is 1. The van der Waals surface area contributed by atoms with Gasteiger partial charge >= 0.3 is 0 Å². The Balaban J connectivity index is 0.00000312. The first-order valence-corrected chi connectivity index (χ1v) is 8.75. The molecule has 0 spiro atoms. The minimum Gasteiger partial charge on any atom is -0.357 e. The van der Waals surface area contributed by atoms with Crippen LogP contribution in [0.5, 0.6) is 0 Å². The van der Waals surface area contributed by atoms with Crippen molar-refractivity contribution in [1.29, 1.82) is 0 Å². The molecule has 0 bridgehead atoms. The smallest absolute Gasteiger partial charge is 0.191 e. The zero-order valence-electron chi connectivity index (χ0n) is 15.4. The van der Waals surface area contributed by atoms with Crippen LogP contribution in [0.2, 0.25) is 0 Å². The third kappa shape index (κ3) is 7.90. The van der Waals surface area contributed by atoms with E-state index in [0.29, 0.717) is 5.92 Å². The summed E-state index contributed by atoms with van der Waals surface area (Å²) in [6.07, 6.45) is 4.81. The molecule has 2 rings (SSSR count). The molecular formula is C19H30IN5. The lowest BCUT2D eigenvalue weighted by atomic mass is 10.00. The zero-order chi connectivity index (χ0) is 17.2. The first-order valence-electron chi connectivity index (χ1n) is 8.75. The maximum Gasteiger partial charge on any atom is 0.191 e. The van der Waals surface area contributed by atoms with Gasteiger partial charge in [0.1, 0.15) is 0 Å².